The van der Waals surface area contributed by atoms with Crippen molar-refractivity contribution in [2.75, 3.05) is 0 Å². The van der Waals surface area contributed by atoms with E-state index >= 15 is 0 Å². The molecular formula is C8H10O3. The monoisotopic (exact) mass is 154 g/mol. The summed E-state index contributed by atoms with van der Waals surface area (Å²) in [6, 6.07) is 0. The molecule has 0 unspecified atom stereocenters. The molecule has 0 fully saturated rings. The summed E-state index contributed by atoms with van der Waals surface area (Å²) in [5.41, 5.74) is 0.231. The first-order valence-corrected chi connectivity index (χ1v) is 3.21. The Kier molecular flexibility index (Phi) is 3.88. The number of hydrogen-bond donors (Lipinski definition) is 1. The second-order valence-electron chi connectivity index (χ2n) is 1.97. The number of rotatable bonds is 4. The predicted octanol–water partition coefficient (Wildman–Crippen LogP) is 1.16. The van der Waals surface area contributed by atoms with Crippen molar-refractivity contribution < 1.29 is 14.7 Å². The molecule has 0 aliphatic rings. The predicted molar refractivity (Wildman–Crippen MR) is 41.2 cm³/mol. The highest BCUT2D eigenvalue weighted by Gasteiger charge is 1.99. The highest BCUT2D eigenvalue weighted by Crippen LogP contribution is 1.97. The lowest BCUT2D eigenvalue weighted by Crippen LogP contribution is -1.97. The van der Waals surface area contributed by atoms with Crippen molar-refractivity contribution in [1.82, 2.24) is 0 Å². The van der Waals surface area contributed by atoms with Gasteiger partial charge in [0, 0.05) is 18.1 Å². The third-order valence-electron chi connectivity index (χ3n) is 1.11. The van der Waals surface area contributed by atoms with E-state index in [1.165, 1.54) is 6.08 Å². The van der Waals surface area contributed by atoms with Crippen molar-refractivity contribution >= 4 is 11.8 Å². The van der Waals surface area contributed by atoms with E-state index in [4.69, 9.17) is 5.11 Å². The number of carbonyl (C=O) groups excluding carboxylic acids is 1. The van der Waals surface area contributed by atoms with E-state index in [2.05, 4.69) is 6.58 Å². The second kappa shape index (κ2) is 4.44. The number of carboxylic acids is 1. The SMILES string of the molecule is C=C(/C=C/C(=O)O)C(=O)CC. The smallest absolute Gasteiger partial charge is 0.328 e. The van der Waals surface area contributed by atoms with Gasteiger partial charge in [0.1, 0.15) is 0 Å². The van der Waals surface area contributed by atoms with Gasteiger partial charge in [-0.2, -0.15) is 0 Å². The van der Waals surface area contributed by atoms with E-state index in [0.29, 0.717) is 6.42 Å². The summed E-state index contributed by atoms with van der Waals surface area (Å²) in [6.07, 6.45) is 2.45. The zero-order chi connectivity index (χ0) is 8.85. The van der Waals surface area contributed by atoms with Crippen molar-refractivity contribution in [3.05, 3.63) is 24.3 Å². The van der Waals surface area contributed by atoms with Gasteiger partial charge in [0.15, 0.2) is 5.78 Å². The summed E-state index contributed by atoms with van der Waals surface area (Å²) in [4.78, 5) is 20.8. The van der Waals surface area contributed by atoms with Gasteiger partial charge in [-0.05, 0) is 6.08 Å². The zero-order valence-corrected chi connectivity index (χ0v) is 6.33. The van der Waals surface area contributed by atoms with Gasteiger partial charge in [0.2, 0.25) is 0 Å². The van der Waals surface area contributed by atoms with Gasteiger partial charge >= 0.3 is 5.97 Å². The van der Waals surface area contributed by atoms with Gasteiger partial charge in [-0.25, -0.2) is 4.79 Å². The molecule has 3 heteroatoms. The Hall–Kier alpha value is -1.38. The lowest BCUT2D eigenvalue weighted by atomic mass is 10.1. The fraction of sp³-hybridized carbons (Fsp3) is 0.250. The highest BCUT2D eigenvalue weighted by atomic mass is 16.4. The second-order valence-corrected chi connectivity index (χ2v) is 1.97. The van der Waals surface area contributed by atoms with E-state index in [1.54, 1.807) is 6.92 Å². The van der Waals surface area contributed by atoms with Crippen LogP contribution in [0.4, 0.5) is 0 Å². The summed E-state index contributed by atoms with van der Waals surface area (Å²) in [6.45, 7) is 5.09. The molecule has 0 aromatic rings. The summed E-state index contributed by atoms with van der Waals surface area (Å²) < 4.78 is 0. The van der Waals surface area contributed by atoms with Crippen LogP contribution >= 0.6 is 0 Å². The van der Waals surface area contributed by atoms with Crippen LogP contribution in [0.2, 0.25) is 0 Å². The Morgan fingerprint density at radius 3 is 2.36 bits per heavy atom. The maximum absolute atomic E-state index is 10.8. The molecule has 60 valence electrons. The summed E-state index contributed by atoms with van der Waals surface area (Å²) >= 11 is 0. The molecule has 0 amide bonds. The van der Waals surface area contributed by atoms with Gasteiger partial charge in [-0.15, -0.1) is 0 Å². The molecule has 0 aliphatic heterocycles. The zero-order valence-electron chi connectivity index (χ0n) is 6.33. The lowest BCUT2D eigenvalue weighted by molar-refractivity contribution is -0.131. The molecule has 0 atom stereocenters. The number of aliphatic carboxylic acids is 1. The van der Waals surface area contributed by atoms with E-state index in [0.717, 1.165) is 6.08 Å². The Bertz CT molecular complexity index is 213. The van der Waals surface area contributed by atoms with Crippen LogP contribution in [-0.4, -0.2) is 16.9 Å². The van der Waals surface area contributed by atoms with Crippen LogP contribution in [-0.2, 0) is 9.59 Å². The van der Waals surface area contributed by atoms with Crippen molar-refractivity contribution in [2.24, 2.45) is 0 Å². The molecule has 0 spiro atoms. The Labute approximate surface area is 65.0 Å². The molecule has 0 saturated carbocycles. The number of carbonyl (C=O) groups is 2. The van der Waals surface area contributed by atoms with Crippen molar-refractivity contribution in [2.45, 2.75) is 13.3 Å². The van der Waals surface area contributed by atoms with E-state index in [1.807, 2.05) is 0 Å². The molecule has 0 rings (SSSR count). The van der Waals surface area contributed by atoms with Crippen LogP contribution < -0.4 is 0 Å². The Morgan fingerprint density at radius 1 is 1.45 bits per heavy atom. The van der Waals surface area contributed by atoms with E-state index in [9.17, 15) is 9.59 Å². The van der Waals surface area contributed by atoms with Crippen LogP contribution in [0.25, 0.3) is 0 Å². The van der Waals surface area contributed by atoms with Gasteiger partial charge in [-0.1, -0.05) is 13.5 Å². The van der Waals surface area contributed by atoms with E-state index < -0.39 is 5.97 Å². The normalized spacial score (nSPS) is 9.91. The largest absolute Gasteiger partial charge is 0.478 e. The van der Waals surface area contributed by atoms with Gasteiger partial charge in [0.05, 0.1) is 0 Å². The summed E-state index contributed by atoms with van der Waals surface area (Å²) in [7, 11) is 0. The maximum Gasteiger partial charge on any atom is 0.328 e. The summed E-state index contributed by atoms with van der Waals surface area (Å²) in [5, 5.41) is 8.18. The van der Waals surface area contributed by atoms with Crippen LogP contribution in [0.5, 0.6) is 0 Å². The topological polar surface area (TPSA) is 54.4 Å². The van der Waals surface area contributed by atoms with Crippen LogP contribution in [0.1, 0.15) is 13.3 Å². The van der Waals surface area contributed by atoms with Crippen molar-refractivity contribution in [1.29, 1.82) is 0 Å². The summed E-state index contributed by atoms with van der Waals surface area (Å²) in [5.74, 6) is -1.21. The van der Waals surface area contributed by atoms with Gasteiger partial charge in [0.25, 0.3) is 0 Å². The van der Waals surface area contributed by atoms with Crippen molar-refractivity contribution in [3.63, 3.8) is 0 Å². The lowest BCUT2D eigenvalue weighted by Gasteiger charge is -1.91. The number of carboxylic acid groups (broad SMARTS) is 1. The first-order chi connectivity index (χ1) is 5.07. The number of ketones is 1. The average molecular weight is 154 g/mol. The molecule has 0 radical (unpaired) electrons. The molecule has 0 bridgehead atoms. The molecule has 3 nitrogen and oxygen atoms in total. The third-order valence-corrected chi connectivity index (χ3v) is 1.11. The molecule has 0 heterocycles. The quantitative estimate of drug-likeness (QED) is 0.488. The molecule has 0 aromatic heterocycles. The average Bonchev–Trinajstić information content (AvgIpc) is 1.98. The number of hydrogen-bond acceptors (Lipinski definition) is 2. The minimum Gasteiger partial charge on any atom is -0.478 e. The van der Waals surface area contributed by atoms with Crippen LogP contribution in [0, 0.1) is 0 Å². The minimum atomic E-state index is -1.07. The molecule has 0 aliphatic carbocycles. The molecule has 0 aromatic carbocycles. The van der Waals surface area contributed by atoms with Crippen molar-refractivity contribution in [3.8, 4) is 0 Å². The third kappa shape index (κ3) is 4.08. The fourth-order valence-corrected chi connectivity index (χ4v) is 0.492. The molecule has 1 N–H and O–H groups in total. The van der Waals surface area contributed by atoms with Crippen LogP contribution in [0.3, 0.4) is 0 Å². The first-order valence-electron chi connectivity index (χ1n) is 3.21. The van der Waals surface area contributed by atoms with Gasteiger partial charge < -0.3 is 5.11 Å². The highest BCUT2D eigenvalue weighted by molar-refractivity contribution is 5.98. The minimum absolute atomic E-state index is 0.137. The maximum atomic E-state index is 10.8. The first kappa shape index (κ1) is 9.62. The molecular weight excluding hydrogens is 144 g/mol. The Balaban J connectivity index is 4.08. The van der Waals surface area contributed by atoms with Crippen LogP contribution in [0.15, 0.2) is 24.3 Å². The Morgan fingerprint density at radius 2 is 2.00 bits per heavy atom. The number of Topliss-reactive ketones (excluding diaryl/α,β-unsaturated/α-hetero) is 1. The fourth-order valence-electron chi connectivity index (χ4n) is 0.492. The number of allylic oxidation sites excluding steroid dienone is 2. The van der Waals surface area contributed by atoms with E-state index in [-0.39, 0.29) is 11.4 Å². The van der Waals surface area contributed by atoms with Gasteiger partial charge in [-0.3, -0.25) is 4.79 Å². The molecule has 0 saturated heterocycles. The molecule has 11 heavy (non-hydrogen) atoms. The standard InChI is InChI=1S/C8H10O3/c1-3-7(9)6(2)4-5-8(10)11/h4-5H,2-3H2,1H3,(H,10,11)/b5-4+.